The van der Waals surface area contributed by atoms with E-state index in [-0.39, 0.29) is 0 Å². The highest BCUT2D eigenvalue weighted by molar-refractivity contribution is 7.99. The van der Waals surface area contributed by atoms with Gasteiger partial charge in [0.15, 0.2) is 0 Å². The van der Waals surface area contributed by atoms with Crippen molar-refractivity contribution in [1.29, 1.82) is 0 Å². The first kappa shape index (κ1) is 14.6. The lowest BCUT2D eigenvalue weighted by Gasteiger charge is -2.24. The molecule has 96 valence electrons. The maximum absolute atomic E-state index is 9.91. The molecule has 3 N–H and O–H groups in total. The van der Waals surface area contributed by atoms with Crippen molar-refractivity contribution in [2.45, 2.75) is 43.8 Å². The molecular weight excluding hydrogens is 230 g/mol. The number of nitrogens with two attached hydrogens (primary N) is 1. The van der Waals surface area contributed by atoms with Gasteiger partial charge < -0.3 is 10.8 Å². The normalized spacial score (nSPS) is 16.5. The highest BCUT2D eigenvalue weighted by Crippen LogP contribution is 2.25. The summed E-state index contributed by atoms with van der Waals surface area (Å²) in [6.45, 7) is 6.41. The number of aryl methyl sites for hydroxylation is 1. The molecule has 0 saturated carbocycles. The average molecular weight is 253 g/mol. The molecule has 2 unspecified atom stereocenters. The fraction of sp³-hybridized carbons (Fsp3) is 0.571. The quantitative estimate of drug-likeness (QED) is 0.819. The van der Waals surface area contributed by atoms with E-state index in [0.717, 1.165) is 12.2 Å². The van der Waals surface area contributed by atoms with Gasteiger partial charge in [-0.3, -0.25) is 0 Å². The molecule has 17 heavy (non-hydrogen) atoms. The summed E-state index contributed by atoms with van der Waals surface area (Å²) in [6, 6.07) is 8.43. The third-order valence-corrected chi connectivity index (χ3v) is 4.16. The van der Waals surface area contributed by atoms with Crippen LogP contribution in [0.4, 0.5) is 0 Å². The van der Waals surface area contributed by atoms with Gasteiger partial charge in [-0.2, -0.15) is 11.8 Å². The minimum Gasteiger partial charge on any atom is -0.389 e. The SMILES string of the molecule is Cc1ccccc1CSC(C)CC(C)(O)CN. The van der Waals surface area contributed by atoms with Crippen LogP contribution in [0.3, 0.4) is 0 Å². The largest absolute Gasteiger partial charge is 0.389 e. The van der Waals surface area contributed by atoms with Gasteiger partial charge in [-0.1, -0.05) is 31.2 Å². The number of hydrogen-bond acceptors (Lipinski definition) is 3. The molecular formula is C14H23NOS. The van der Waals surface area contributed by atoms with Crippen LogP contribution in [0.5, 0.6) is 0 Å². The van der Waals surface area contributed by atoms with E-state index in [4.69, 9.17) is 5.73 Å². The van der Waals surface area contributed by atoms with Gasteiger partial charge in [0.25, 0.3) is 0 Å². The number of thioether (sulfide) groups is 1. The fourth-order valence-electron chi connectivity index (χ4n) is 1.77. The summed E-state index contributed by atoms with van der Waals surface area (Å²) in [4.78, 5) is 0. The summed E-state index contributed by atoms with van der Waals surface area (Å²) in [5.74, 6) is 0.995. The smallest absolute Gasteiger partial charge is 0.0751 e. The van der Waals surface area contributed by atoms with Crippen LogP contribution in [0.15, 0.2) is 24.3 Å². The summed E-state index contributed by atoms with van der Waals surface area (Å²) in [6.07, 6.45) is 0.736. The molecule has 0 heterocycles. The van der Waals surface area contributed by atoms with Gasteiger partial charge in [-0.05, 0) is 31.4 Å². The average Bonchev–Trinajstić information content (AvgIpc) is 2.27. The zero-order valence-corrected chi connectivity index (χ0v) is 11.8. The van der Waals surface area contributed by atoms with Gasteiger partial charge in [0.05, 0.1) is 5.60 Å². The van der Waals surface area contributed by atoms with Gasteiger partial charge in [-0.25, -0.2) is 0 Å². The Morgan fingerprint density at radius 2 is 2.06 bits per heavy atom. The van der Waals surface area contributed by atoms with E-state index in [1.54, 1.807) is 6.92 Å². The minimum atomic E-state index is -0.738. The molecule has 0 aliphatic rings. The van der Waals surface area contributed by atoms with E-state index in [1.807, 2.05) is 11.8 Å². The summed E-state index contributed by atoms with van der Waals surface area (Å²) in [5.41, 5.74) is 7.49. The Balaban J connectivity index is 2.44. The van der Waals surface area contributed by atoms with Crippen LogP contribution >= 0.6 is 11.8 Å². The summed E-state index contributed by atoms with van der Waals surface area (Å²) in [7, 11) is 0. The van der Waals surface area contributed by atoms with Gasteiger partial charge in [-0.15, -0.1) is 0 Å². The van der Waals surface area contributed by atoms with Gasteiger partial charge in [0, 0.05) is 17.5 Å². The highest BCUT2D eigenvalue weighted by Gasteiger charge is 2.21. The lowest BCUT2D eigenvalue weighted by Crippen LogP contribution is -2.36. The summed E-state index contributed by atoms with van der Waals surface area (Å²) < 4.78 is 0. The second-order valence-electron chi connectivity index (χ2n) is 4.95. The van der Waals surface area contributed by atoms with Crippen LogP contribution in [0.2, 0.25) is 0 Å². The molecule has 0 fully saturated rings. The van der Waals surface area contributed by atoms with E-state index in [2.05, 4.69) is 38.1 Å². The van der Waals surface area contributed by atoms with Crippen LogP contribution in [-0.4, -0.2) is 22.5 Å². The first-order valence-corrected chi connectivity index (χ1v) is 7.08. The van der Waals surface area contributed by atoms with Crippen molar-refractivity contribution in [1.82, 2.24) is 0 Å². The predicted molar refractivity (Wildman–Crippen MR) is 76.2 cm³/mol. The molecule has 2 atom stereocenters. The standard InChI is InChI=1S/C14H23NOS/c1-11-6-4-5-7-13(11)9-17-12(2)8-14(3,16)10-15/h4-7,12,16H,8-10,15H2,1-3H3. The zero-order valence-electron chi connectivity index (χ0n) is 10.9. The molecule has 1 aromatic rings. The molecule has 0 aliphatic heterocycles. The molecule has 0 amide bonds. The Hall–Kier alpha value is -0.510. The lowest BCUT2D eigenvalue weighted by atomic mass is 10.0. The number of aliphatic hydroxyl groups is 1. The van der Waals surface area contributed by atoms with Gasteiger partial charge in [0.1, 0.15) is 0 Å². The lowest BCUT2D eigenvalue weighted by molar-refractivity contribution is 0.0608. The van der Waals surface area contributed by atoms with Crippen LogP contribution < -0.4 is 5.73 Å². The van der Waals surface area contributed by atoms with Gasteiger partial charge >= 0.3 is 0 Å². The number of rotatable bonds is 6. The molecule has 0 bridgehead atoms. The Morgan fingerprint density at radius 1 is 1.41 bits per heavy atom. The fourth-order valence-corrected chi connectivity index (χ4v) is 3.03. The van der Waals surface area contributed by atoms with E-state index in [1.165, 1.54) is 11.1 Å². The molecule has 0 radical (unpaired) electrons. The Kier molecular flexibility index (Phi) is 5.50. The molecule has 0 aliphatic carbocycles. The molecule has 1 aromatic carbocycles. The third kappa shape index (κ3) is 5.11. The molecule has 2 nitrogen and oxygen atoms in total. The van der Waals surface area contributed by atoms with E-state index in [0.29, 0.717) is 11.8 Å². The summed E-state index contributed by atoms with van der Waals surface area (Å²) in [5, 5.41) is 10.3. The van der Waals surface area contributed by atoms with Crippen molar-refractivity contribution < 1.29 is 5.11 Å². The second-order valence-corrected chi connectivity index (χ2v) is 6.38. The van der Waals surface area contributed by atoms with Crippen molar-refractivity contribution in [3.05, 3.63) is 35.4 Å². The maximum Gasteiger partial charge on any atom is 0.0751 e. The second kappa shape index (κ2) is 6.43. The summed E-state index contributed by atoms with van der Waals surface area (Å²) >= 11 is 1.87. The van der Waals surface area contributed by atoms with Crippen LogP contribution in [0, 0.1) is 6.92 Å². The first-order chi connectivity index (χ1) is 7.94. The van der Waals surface area contributed by atoms with Crippen molar-refractivity contribution in [3.63, 3.8) is 0 Å². The number of hydrogen-bond donors (Lipinski definition) is 2. The molecule has 0 spiro atoms. The molecule has 0 saturated heterocycles. The van der Waals surface area contributed by atoms with Crippen LogP contribution in [-0.2, 0) is 5.75 Å². The topological polar surface area (TPSA) is 46.2 Å². The van der Waals surface area contributed by atoms with Crippen molar-refractivity contribution in [2.75, 3.05) is 6.54 Å². The monoisotopic (exact) mass is 253 g/mol. The van der Waals surface area contributed by atoms with Crippen LogP contribution in [0.25, 0.3) is 0 Å². The van der Waals surface area contributed by atoms with Crippen molar-refractivity contribution in [2.24, 2.45) is 5.73 Å². The Labute approximate surface area is 109 Å². The first-order valence-electron chi connectivity index (χ1n) is 6.03. The van der Waals surface area contributed by atoms with Crippen molar-refractivity contribution in [3.8, 4) is 0 Å². The van der Waals surface area contributed by atoms with Crippen molar-refractivity contribution >= 4 is 11.8 Å². The maximum atomic E-state index is 9.91. The minimum absolute atomic E-state index is 0.322. The predicted octanol–water partition coefficient (Wildman–Crippen LogP) is 2.72. The Morgan fingerprint density at radius 3 is 2.65 bits per heavy atom. The molecule has 3 heteroatoms. The molecule has 1 rings (SSSR count). The zero-order chi connectivity index (χ0) is 12.9. The Bertz CT molecular complexity index is 352. The van der Waals surface area contributed by atoms with E-state index < -0.39 is 5.60 Å². The van der Waals surface area contributed by atoms with E-state index in [9.17, 15) is 5.11 Å². The van der Waals surface area contributed by atoms with E-state index >= 15 is 0 Å². The molecule has 0 aromatic heterocycles. The third-order valence-electron chi connectivity index (χ3n) is 2.95. The number of benzene rings is 1. The van der Waals surface area contributed by atoms with Gasteiger partial charge in [0.2, 0.25) is 0 Å². The highest BCUT2D eigenvalue weighted by atomic mass is 32.2. The van der Waals surface area contributed by atoms with Crippen LogP contribution in [0.1, 0.15) is 31.4 Å².